The quantitative estimate of drug-likeness (QED) is 0.790. The molecule has 1 atom stereocenters. The summed E-state index contributed by atoms with van der Waals surface area (Å²) in [7, 11) is 0. The van der Waals surface area contributed by atoms with Crippen LogP contribution in [0.25, 0.3) is 4.96 Å². The average Bonchev–Trinajstić information content (AvgIpc) is 2.62. The van der Waals surface area contributed by atoms with Gasteiger partial charge in [-0.1, -0.05) is 11.6 Å². The highest BCUT2D eigenvalue weighted by atomic mass is 35.5. The Morgan fingerprint density at radius 3 is 3.23 bits per heavy atom. The molecule has 2 rings (SSSR count). The molecule has 2 heterocycles. The van der Waals surface area contributed by atoms with E-state index < -0.39 is 6.10 Å². The number of nitrogens with zero attached hydrogens (tertiary/aromatic N) is 2. The predicted molar refractivity (Wildman–Crippen MR) is 52.1 cm³/mol. The molecular formula is C7H8ClN3OS. The van der Waals surface area contributed by atoms with Gasteiger partial charge in [0.25, 0.3) is 0 Å². The van der Waals surface area contributed by atoms with Crippen LogP contribution in [0.1, 0.15) is 11.8 Å². The first-order chi connectivity index (χ1) is 6.24. The summed E-state index contributed by atoms with van der Waals surface area (Å²) < 4.78 is 1.75. The fraction of sp³-hybridized carbons (Fsp3) is 0.286. The highest BCUT2D eigenvalue weighted by molar-refractivity contribution is 7.15. The molecule has 0 aliphatic heterocycles. The van der Waals surface area contributed by atoms with Crippen molar-refractivity contribution in [2.45, 2.75) is 6.10 Å². The van der Waals surface area contributed by atoms with Crippen LogP contribution in [0.2, 0.25) is 5.15 Å². The second-order valence-electron chi connectivity index (χ2n) is 2.59. The van der Waals surface area contributed by atoms with E-state index in [-0.39, 0.29) is 6.54 Å². The molecule has 0 amide bonds. The fourth-order valence-electron chi connectivity index (χ4n) is 1.19. The summed E-state index contributed by atoms with van der Waals surface area (Å²) in [5.74, 6) is 0. The molecule has 0 saturated carbocycles. The molecule has 0 radical (unpaired) electrons. The molecule has 0 fully saturated rings. The van der Waals surface area contributed by atoms with Gasteiger partial charge in [-0.25, -0.2) is 4.98 Å². The number of aliphatic hydroxyl groups is 1. The minimum Gasteiger partial charge on any atom is -0.385 e. The molecule has 0 aliphatic rings. The zero-order valence-corrected chi connectivity index (χ0v) is 8.22. The Balaban J connectivity index is 2.63. The number of thiazole rings is 1. The zero-order chi connectivity index (χ0) is 9.42. The third-order valence-electron chi connectivity index (χ3n) is 1.79. The van der Waals surface area contributed by atoms with Crippen molar-refractivity contribution in [2.24, 2.45) is 5.73 Å². The first kappa shape index (κ1) is 8.96. The van der Waals surface area contributed by atoms with Gasteiger partial charge >= 0.3 is 0 Å². The van der Waals surface area contributed by atoms with E-state index in [1.807, 2.05) is 11.6 Å². The number of fused-ring (bicyclic) bond motifs is 1. The summed E-state index contributed by atoms with van der Waals surface area (Å²) in [5.41, 5.74) is 5.92. The smallest absolute Gasteiger partial charge is 0.195 e. The van der Waals surface area contributed by atoms with Crippen LogP contribution in [0.3, 0.4) is 0 Å². The second-order valence-corrected chi connectivity index (χ2v) is 3.83. The monoisotopic (exact) mass is 217 g/mol. The summed E-state index contributed by atoms with van der Waals surface area (Å²) in [6.07, 6.45) is 1.06. The number of rotatable bonds is 2. The van der Waals surface area contributed by atoms with Crippen LogP contribution in [0.4, 0.5) is 0 Å². The first-order valence-corrected chi connectivity index (χ1v) is 4.99. The Kier molecular flexibility index (Phi) is 2.25. The average molecular weight is 218 g/mol. The minimum atomic E-state index is -0.753. The maximum Gasteiger partial charge on any atom is 0.195 e. The molecule has 4 nitrogen and oxygen atoms in total. The largest absolute Gasteiger partial charge is 0.385 e. The van der Waals surface area contributed by atoms with Crippen molar-refractivity contribution >= 4 is 27.9 Å². The maximum absolute atomic E-state index is 9.55. The molecule has 0 spiro atoms. The number of imidazole rings is 1. The van der Waals surface area contributed by atoms with Gasteiger partial charge in [0.15, 0.2) is 10.1 Å². The van der Waals surface area contributed by atoms with E-state index in [1.54, 1.807) is 4.40 Å². The molecule has 0 bridgehead atoms. The van der Waals surface area contributed by atoms with Crippen molar-refractivity contribution in [2.75, 3.05) is 6.54 Å². The van der Waals surface area contributed by atoms with E-state index in [4.69, 9.17) is 17.3 Å². The lowest BCUT2D eigenvalue weighted by molar-refractivity contribution is 0.181. The summed E-state index contributed by atoms with van der Waals surface area (Å²) in [6.45, 7) is 0.142. The lowest BCUT2D eigenvalue weighted by Gasteiger charge is -2.05. The van der Waals surface area contributed by atoms with E-state index in [0.29, 0.717) is 10.8 Å². The van der Waals surface area contributed by atoms with Crippen LogP contribution >= 0.6 is 22.9 Å². The molecule has 1 unspecified atom stereocenters. The summed E-state index contributed by atoms with van der Waals surface area (Å²) in [6, 6.07) is 0. The van der Waals surface area contributed by atoms with Gasteiger partial charge in [-0.05, 0) is 0 Å². The molecule has 3 N–H and O–H groups in total. The van der Waals surface area contributed by atoms with Crippen LogP contribution < -0.4 is 5.73 Å². The number of aliphatic hydroxyl groups excluding tert-OH is 1. The second kappa shape index (κ2) is 3.26. The first-order valence-electron chi connectivity index (χ1n) is 3.73. The Morgan fingerprint density at radius 1 is 1.77 bits per heavy atom. The van der Waals surface area contributed by atoms with Crippen molar-refractivity contribution < 1.29 is 5.11 Å². The van der Waals surface area contributed by atoms with E-state index in [0.717, 1.165) is 4.96 Å². The molecule has 2 aromatic heterocycles. The van der Waals surface area contributed by atoms with Crippen LogP contribution in [-0.4, -0.2) is 21.0 Å². The molecular weight excluding hydrogens is 210 g/mol. The van der Waals surface area contributed by atoms with E-state index >= 15 is 0 Å². The van der Waals surface area contributed by atoms with E-state index in [2.05, 4.69) is 4.98 Å². The standard InChI is InChI=1S/C7H8ClN3OS/c8-6-5(4(12)3-9)11-1-2-13-7(11)10-6/h1-2,4,12H,3,9H2. The van der Waals surface area contributed by atoms with E-state index in [9.17, 15) is 5.11 Å². The van der Waals surface area contributed by atoms with Crippen molar-refractivity contribution in [3.05, 3.63) is 22.4 Å². The van der Waals surface area contributed by atoms with Crippen molar-refractivity contribution in [1.29, 1.82) is 0 Å². The number of halogens is 1. The number of hydrogen-bond acceptors (Lipinski definition) is 4. The Bertz CT molecular complexity index is 424. The van der Waals surface area contributed by atoms with Gasteiger partial charge in [0.1, 0.15) is 6.10 Å². The third-order valence-corrected chi connectivity index (χ3v) is 2.83. The molecule has 0 saturated heterocycles. The lowest BCUT2D eigenvalue weighted by atomic mass is 10.3. The summed E-state index contributed by atoms with van der Waals surface area (Å²) >= 11 is 7.31. The molecule has 70 valence electrons. The Labute approximate surface area is 83.6 Å². The van der Waals surface area contributed by atoms with Gasteiger partial charge < -0.3 is 10.8 Å². The molecule has 13 heavy (non-hydrogen) atoms. The lowest BCUT2D eigenvalue weighted by Crippen LogP contribution is -2.13. The topological polar surface area (TPSA) is 63.5 Å². The molecule has 2 aromatic rings. The van der Waals surface area contributed by atoms with Gasteiger partial charge in [-0.15, -0.1) is 11.3 Å². The van der Waals surface area contributed by atoms with Crippen molar-refractivity contribution in [3.8, 4) is 0 Å². The highest BCUT2D eigenvalue weighted by Gasteiger charge is 2.17. The van der Waals surface area contributed by atoms with Crippen LogP contribution in [-0.2, 0) is 0 Å². The van der Waals surface area contributed by atoms with Crippen LogP contribution in [0.15, 0.2) is 11.6 Å². The number of nitrogens with two attached hydrogens (primary N) is 1. The van der Waals surface area contributed by atoms with Gasteiger partial charge in [0.05, 0.1) is 5.69 Å². The molecule has 0 aromatic carbocycles. The van der Waals surface area contributed by atoms with Crippen LogP contribution in [0.5, 0.6) is 0 Å². The third kappa shape index (κ3) is 1.34. The van der Waals surface area contributed by atoms with Gasteiger partial charge in [-0.3, -0.25) is 4.40 Å². The fourth-order valence-corrected chi connectivity index (χ4v) is 2.25. The zero-order valence-electron chi connectivity index (χ0n) is 6.64. The number of aromatic nitrogens is 2. The van der Waals surface area contributed by atoms with Crippen molar-refractivity contribution in [3.63, 3.8) is 0 Å². The highest BCUT2D eigenvalue weighted by Crippen LogP contribution is 2.25. The SMILES string of the molecule is NCC(O)c1c(Cl)nc2sccn12. The van der Waals surface area contributed by atoms with Gasteiger partial charge in [0.2, 0.25) is 0 Å². The minimum absolute atomic E-state index is 0.142. The van der Waals surface area contributed by atoms with Gasteiger partial charge in [-0.2, -0.15) is 0 Å². The summed E-state index contributed by atoms with van der Waals surface area (Å²) in [4.78, 5) is 4.84. The molecule has 6 heteroatoms. The van der Waals surface area contributed by atoms with Crippen LogP contribution in [0, 0.1) is 0 Å². The van der Waals surface area contributed by atoms with Crippen molar-refractivity contribution in [1.82, 2.24) is 9.38 Å². The Morgan fingerprint density at radius 2 is 2.54 bits per heavy atom. The summed E-state index contributed by atoms with van der Waals surface area (Å²) in [5, 5.41) is 11.8. The number of hydrogen-bond donors (Lipinski definition) is 2. The Hall–Kier alpha value is -0.620. The normalized spacial score (nSPS) is 13.8. The predicted octanol–water partition coefficient (Wildman–Crippen LogP) is 1.04. The van der Waals surface area contributed by atoms with E-state index in [1.165, 1.54) is 11.3 Å². The maximum atomic E-state index is 9.55. The molecule has 0 aliphatic carbocycles. The van der Waals surface area contributed by atoms with Gasteiger partial charge in [0, 0.05) is 18.1 Å².